The van der Waals surface area contributed by atoms with E-state index in [-0.39, 0.29) is 16.6 Å². The van der Waals surface area contributed by atoms with E-state index in [9.17, 15) is 18.0 Å². The summed E-state index contributed by atoms with van der Waals surface area (Å²) < 4.78 is 44.4. The van der Waals surface area contributed by atoms with Gasteiger partial charge in [-0.15, -0.1) is 0 Å². The van der Waals surface area contributed by atoms with Gasteiger partial charge < -0.3 is 10.1 Å². The van der Waals surface area contributed by atoms with Gasteiger partial charge in [-0.05, 0) is 30.3 Å². The number of carbonyl (C=O) groups excluding carboxylic acids is 1. The lowest BCUT2D eigenvalue weighted by molar-refractivity contribution is -0.136. The first-order valence-electron chi connectivity index (χ1n) is 7.30. The molecule has 1 heterocycles. The normalized spacial score (nSPS) is 11.4. The third-order valence-electron chi connectivity index (χ3n) is 3.66. The number of pyridine rings is 1. The Morgan fingerprint density at radius 1 is 1.12 bits per heavy atom. The Bertz CT molecular complexity index is 939. The number of ether oxygens (including phenoxy) is 1. The number of halogens is 3. The Morgan fingerprint density at radius 3 is 2.60 bits per heavy atom. The predicted octanol–water partition coefficient (Wildman–Crippen LogP) is 4.51. The molecular weight excluding hydrogens is 333 g/mol. The Balaban J connectivity index is 2.00. The molecule has 0 saturated carbocycles. The number of fused-ring (bicyclic) bond motifs is 1. The van der Waals surface area contributed by atoms with Crippen LogP contribution < -0.4 is 10.1 Å². The third kappa shape index (κ3) is 3.40. The summed E-state index contributed by atoms with van der Waals surface area (Å²) >= 11 is 0. The van der Waals surface area contributed by atoms with Gasteiger partial charge >= 0.3 is 6.18 Å². The highest BCUT2D eigenvalue weighted by Crippen LogP contribution is 2.35. The zero-order valence-corrected chi connectivity index (χ0v) is 13.1. The lowest BCUT2D eigenvalue weighted by Crippen LogP contribution is -2.13. The van der Waals surface area contributed by atoms with Crippen LogP contribution in [0.3, 0.4) is 0 Å². The van der Waals surface area contributed by atoms with Gasteiger partial charge in [-0.1, -0.05) is 18.2 Å². The molecule has 3 aromatic rings. The maximum absolute atomic E-state index is 13.1. The van der Waals surface area contributed by atoms with Crippen molar-refractivity contribution in [2.24, 2.45) is 0 Å². The van der Waals surface area contributed by atoms with E-state index in [1.165, 1.54) is 31.5 Å². The molecule has 128 valence electrons. The topological polar surface area (TPSA) is 51.2 Å². The van der Waals surface area contributed by atoms with Crippen LogP contribution in [0.4, 0.5) is 18.9 Å². The third-order valence-corrected chi connectivity index (χ3v) is 3.66. The van der Waals surface area contributed by atoms with Crippen LogP contribution in [0.5, 0.6) is 5.75 Å². The molecule has 1 N–H and O–H groups in total. The van der Waals surface area contributed by atoms with Crippen LogP contribution in [0.25, 0.3) is 10.9 Å². The first-order chi connectivity index (χ1) is 11.9. The zero-order chi connectivity index (χ0) is 18.0. The molecule has 0 radical (unpaired) electrons. The fourth-order valence-electron chi connectivity index (χ4n) is 2.47. The molecule has 1 amide bonds. The SMILES string of the molecule is COc1cccc(C(=O)Nc2ccnc3c(C(F)(F)F)cccc23)c1. The molecule has 0 bridgehead atoms. The average molecular weight is 346 g/mol. The molecule has 4 nitrogen and oxygen atoms in total. The summed E-state index contributed by atoms with van der Waals surface area (Å²) in [4.78, 5) is 16.2. The Morgan fingerprint density at radius 2 is 1.88 bits per heavy atom. The van der Waals surface area contributed by atoms with Crippen molar-refractivity contribution >= 4 is 22.5 Å². The van der Waals surface area contributed by atoms with Gasteiger partial charge in [-0.25, -0.2) is 0 Å². The maximum Gasteiger partial charge on any atom is 0.418 e. The van der Waals surface area contributed by atoms with Crippen molar-refractivity contribution in [2.45, 2.75) is 6.18 Å². The number of benzene rings is 2. The standard InChI is InChI=1S/C18H13F3N2O2/c1-25-12-5-2-4-11(10-12)17(24)23-15-8-9-22-16-13(15)6-3-7-14(16)18(19,20)21/h2-10H,1H3,(H,22,23,24). The van der Waals surface area contributed by atoms with Gasteiger partial charge in [-0.2, -0.15) is 13.2 Å². The van der Waals surface area contributed by atoms with Gasteiger partial charge in [0.15, 0.2) is 0 Å². The Kier molecular flexibility index (Phi) is 4.31. The second kappa shape index (κ2) is 6.43. The molecule has 0 aliphatic carbocycles. The number of amides is 1. The van der Waals surface area contributed by atoms with E-state index in [0.717, 1.165) is 6.07 Å². The van der Waals surface area contributed by atoms with Crippen LogP contribution in [0.2, 0.25) is 0 Å². The number of hydrogen-bond acceptors (Lipinski definition) is 3. The molecule has 7 heteroatoms. The molecule has 0 spiro atoms. The summed E-state index contributed by atoms with van der Waals surface area (Å²) in [5, 5.41) is 2.85. The predicted molar refractivity (Wildman–Crippen MR) is 87.7 cm³/mol. The minimum Gasteiger partial charge on any atom is -0.497 e. The second-order valence-electron chi connectivity index (χ2n) is 5.24. The fourth-order valence-corrected chi connectivity index (χ4v) is 2.47. The number of nitrogens with zero attached hydrogens (tertiary/aromatic N) is 1. The first kappa shape index (κ1) is 16.8. The molecule has 0 aliphatic heterocycles. The number of alkyl halides is 3. The smallest absolute Gasteiger partial charge is 0.418 e. The van der Waals surface area contributed by atoms with Gasteiger partial charge in [0.05, 0.1) is 23.9 Å². The zero-order valence-electron chi connectivity index (χ0n) is 13.1. The van der Waals surface area contributed by atoms with Gasteiger partial charge in [0.25, 0.3) is 5.91 Å². The molecule has 0 unspecified atom stereocenters. The van der Waals surface area contributed by atoms with E-state index in [0.29, 0.717) is 11.3 Å². The number of aromatic nitrogens is 1. The Hall–Kier alpha value is -3.09. The van der Waals surface area contributed by atoms with Crippen molar-refractivity contribution in [3.63, 3.8) is 0 Å². The van der Waals surface area contributed by atoms with E-state index < -0.39 is 17.6 Å². The molecule has 3 rings (SSSR count). The van der Waals surface area contributed by atoms with Crippen molar-refractivity contribution < 1.29 is 22.7 Å². The molecule has 1 aromatic heterocycles. The number of rotatable bonds is 3. The van der Waals surface area contributed by atoms with E-state index in [4.69, 9.17) is 4.74 Å². The number of hydrogen-bond donors (Lipinski definition) is 1. The van der Waals surface area contributed by atoms with Crippen molar-refractivity contribution in [3.8, 4) is 5.75 Å². The quantitative estimate of drug-likeness (QED) is 0.759. The number of para-hydroxylation sites is 1. The van der Waals surface area contributed by atoms with Crippen LogP contribution in [-0.2, 0) is 6.18 Å². The van der Waals surface area contributed by atoms with Gasteiger partial charge in [0.1, 0.15) is 5.75 Å². The first-order valence-corrected chi connectivity index (χ1v) is 7.30. The molecular formula is C18H13F3N2O2. The minimum atomic E-state index is -4.53. The molecule has 0 fully saturated rings. The summed E-state index contributed by atoms with van der Waals surface area (Å²) in [5.74, 6) is 0.0513. The molecule has 0 aliphatic rings. The average Bonchev–Trinajstić information content (AvgIpc) is 2.60. The lowest BCUT2D eigenvalue weighted by Gasteiger charge is -2.13. The highest BCUT2D eigenvalue weighted by atomic mass is 19.4. The van der Waals surface area contributed by atoms with Gasteiger partial charge in [0, 0.05) is 17.1 Å². The molecule has 25 heavy (non-hydrogen) atoms. The molecule has 0 atom stereocenters. The highest BCUT2D eigenvalue weighted by molar-refractivity contribution is 6.09. The summed E-state index contributed by atoms with van der Waals surface area (Å²) in [6, 6.07) is 11.7. The molecule has 0 saturated heterocycles. The Labute approximate surface area is 141 Å². The van der Waals surface area contributed by atoms with Crippen molar-refractivity contribution in [2.75, 3.05) is 12.4 Å². The van der Waals surface area contributed by atoms with E-state index in [1.54, 1.807) is 24.3 Å². The van der Waals surface area contributed by atoms with Crippen LogP contribution in [-0.4, -0.2) is 18.0 Å². The fraction of sp³-hybridized carbons (Fsp3) is 0.111. The van der Waals surface area contributed by atoms with Crippen LogP contribution in [0.15, 0.2) is 54.7 Å². The number of methoxy groups -OCH3 is 1. The van der Waals surface area contributed by atoms with E-state index in [2.05, 4.69) is 10.3 Å². The lowest BCUT2D eigenvalue weighted by atomic mass is 10.1. The summed E-state index contributed by atoms with van der Waals surface area (Å²) in [6.07, 6.45) is -3.29. The number of anilines is 1. The van der Waals surface area contributed by atoms with E-state index in [1.807, 2.05) is 0 Å². The number of nitrogens with one attached hydrogen (secondary N) is 1. The van der Waals surface area contributed by atoms with Crippen molar-refractivity contribution in [1.82, 2.24) is 4.98 Å². The second-order valence-corrected chi connectivity index (χ2v) is 5.24. The summed E-state index contributed by atoms with van der Waals surface area (Å²) in [6.45, 7) is 0. The monoisotopic (exact) mass is 346 g/mol. The van der Waals surface area contributed by atoms with Gasteiger partial charge in [0.2, 0.25) is 0 Å². The van der Waals surface area contributed by atoms with Crippen LogP contribution in [0, 0.1) is 0 Å². The maximum atomic E-state index is 13.1. The highest BCUT2D eigenvalue weighted by Gasteiger charge is 2.33. The van der Waals surface area contributed by atoms with Crippen LogP contribution >= 0.6 is 0 Å². The summed E-state index contributed by atoms with van der Waals surface area (Å²) in [7, 11) is 1.48. The summed E-state index contributed by atoms with van der Waals surface area (Å²) in [5.41, 5.74) is -0.471. The van der Waals surface area contributed by atoms with Gasteiger partial charge in [-0.3, -0.25) is 9.78 Å². The molecule has 2 aromatic carbocycles. The minimum absolute atomic E-state index is 0.210. The van der Waals surface area contributed by atoms with Crippen LogP contribution in [0.1, 0.15) is 15.9 Å². The van der Waals surface area contributed by atoms with Crippen molar-refractivity contribution in [1.29, 1.82) is 0 Å². The van der Waals surface area contributed by atoms with E-state index >= 15 is 0 Å². The van der Waals surface area contributed by atoms with Crippen molar-refractivity contribution in [3.05, 3.63) is 65.9 Å². The number of carbonyl (C=O) groups is 1. The largest absolute Gasteiger partial charge is 0.497 e.